The smallest absolute Gasteiger partial charge is 0.0701 e. The second-order valence-corrected chi connectivity index (χ2v) is 5.12. The molecule has 0 amide bonds. The second kappa shape index (κ2) is 17.2. The Bertz CT molecular complexity index is 135. The lowest BCUT2D eigenvalue weighted by atomic mass is 10.2. The number of hydrogen-bond donors (Lipinski definition) is 2. The van der Waals surface area contributed by atoms with Crippen LogP contribution in [-0.4, -0.2) is 52.3 Å². The van der Waals surface area contributed by atoms with Crippen molar-refractivity contribution in [3.63, 3.8) is 0 Å². The van der Waals surface area contributed by atoms with E-state index < -0.39 is 0 Å². The highest BCUT2D eigenvalue weighted by Gasteiger charge is 1.92. The molecule has 0 aromatic heterocycles. The first-order chi connectivity index (χ1) is 8.91. The zero-order valence-electron chi connectivity index (χ0n) is 12.0. The van der Waals surface area contributed by atoms with E-state index in [1.165, 1.54) is 25.0 Å². The molecule has 4 nitrogen and oxygen atoms in total. The molecule has 0 saturated heterocycles. The van der Waals surface area contributed by atoms with E-state index in [2.05, 4.69) is 17.0 Å². The van der Waals surface area contributed by atoms with Gasteiger partial charge in [-0.05, 0) is 32.9 Å². The zero-order chi connectivity index (χ0) is 13.3. The fourth-order valence-corrected chi connectivity index (χ4v) is 2.10. The lowest BCUT2D eigenvalue weighted by Crippen LogP contribution is -2.15. The summed E-state index contributed by atoms with van der Waals surface area (Å²) in [4.78, 5) is 0. The molecule has 0 fully saturated rings. The van der Waals surface area contributed by atoms with Crippen molar-refractivity contribution in [3.8, 4) is 0 Å². The van der Waals surface area contributed by atoms with Gasteiger partial charge in [0.25, 0.3) is 0 Å². The molecule has 0 bridgehead atoms. The van der Waals surface area contributed by atoms with Crippen LogP contribution in [0.5, 0.6) is 0 Å². The molecule has 5 heteroatoms. The van der Waals surface area contributed by atoms with E-state index in [1.54, 1.807) is 11.9 Å². The average molecular weight is 278 g/mol. The van der Waals surface area contributed by atoms with Crippen molar-refractivity contribution in [1.29, 1.82) is 0 Å². The molecule has 0 saturated carbocycles. The predicted octanol–water partition coefficient (Wildman–Crippen LogP) is 2.06. The van der Waals surface area contributed by atoms with Gasteiger partial charge < -0.3 is 14.8 Å². The summed E-state index contributed by atoms with van der Waals surface area (Å²) < 4.78 is 14.1. The first kappa shape index (κ1) is 18.2. The molecule has 0 aliphatic carbocycles. The maximum Gasteiger partial charge on any atom is 0.0701 e. The second-order valence-electron chi connectivity index (χ2n) is 4.13. The number of nitrogens with one attached hydrogen (secondary N) is 2. The van der Waals surface area contributed by atoms with Crippen LogP contribution >= 0.6 is 11.9 Å². The van der Waals surface area contributed by atoms with E-state index in [9.17, 15) is 0 Å². The van der Waals surface area contributed by atoms with E-state index in [4.69, 9.17) is 9.47 Å². The highest BCUT2D eigenvalue weighted by molar-refractivity contribution is 7.97. The summed E-state index contributed by atoms with van der Waals surface area (Å²) in [6.07, 6.45) is 4.94. The molecular formula is C13H30N2O2S. The molecule has 0 aromatic carbocycles. The number of rotatable bonds is 15. The summed E-state index contributed by atoms with van der Waals surface area (Å²) in [6.45, 7) is 7.18. The van der Waals surface area contributed by atoms with Gasteiger partial charge in [0.1, 0.15) is 0 Å². The molecule has 2 N–H and O–H groups in total. The van der Waals surface area contributed by atoms with Crippen molar-refractivity contribution in [2.75, 3.05) is 52.3 Å². The van der Waals surface area contributed by atoms with Gasteiger partial charge in [0, 0.05) is 18.9 Å². The molecule has 0 heterocycles. The van der Waals surface area contributed by atoms with E-state index in [0.29, 0.717) is 13.2 Å². The monoisotopic (exact) mass is 278 g/mol. The Morgan fingerprint density at radius 2 is 1.67 bits per heavy atom. The van der Waals surface area contributed by atoms with Gasteiger partial charge in [-0.3, -0.25) is 4.72 Å². The third-order valence-electron chi connectivity index (χ3n) is 2.34. The van der Waals surface area contributed by atoms with Gasteiger partial charge in [0.15, 0.2) is 0 Å². The molecule has 0 radical (unpaired) electrons. The first-order valence-electron chi connectivity index (χ1n) is 7.06. The highest BCUT2D eigenvalue weighted by atomic mass is 32.2. The van der Waals surface area contributed by atoms with Crippen LogP contribution in [0.25, 0.3) is 0 Å². The van der Waals surface area contributed by atoms with Gasteiger partial charge in [-0.25, -0.2) is 0 Å². The standard InChI is InChI=1S/C13H30N2O2S/c1-3-9-16-11-12-17-10-8-15-18-13-6-4-5-7-14-2/h14-15H,3-13H2,1-2H3. The maximum atomic E-state index is 5.43. The fourth-order valence-electron chi connectivity index (χ4n) is 1.38. The normalized spacial score (nSPS) is 11.0. The van der Waals surface area contributed by atoms with Gasteiger partial charge >= 0.3 is 0 Å². The Labute approximate surface area is 117 Å². The number of hydrogen-bond acceptors (Lipinski definition) is 5. The summed E-state index contributed by atoms with van der Waals surface area (Å²) in [5.74, 6) is 1.18. The van der Waals surface area contributed by atoms with Crippen molar-refractivity contribution < 1.29 is 9.47 Å². The lowest BCUT2D eigenvalue weighted by molar-refractivity contribution is 0.0504. The summed E-state index contributed by atoms with van der Waals surface area (Å²) in [5.41, 5.74) is 0. The van der Waals surface area contributed by atoms with Crippen LogP contribution in [0.4, 0.5) is 0 Å². The molecular weight excluding hydrogens is 248 g/mol. The molecule has 0 aliphatic rings. The third kappa shape index (κ3) is 16.2. The Kier molecular flexibility index (Phi) is 17.4. The molecule has 0 atom stereocenters. The molecule has 0 aromatic rings. The molecule has 0 rings (SSSR count). The average Bonchev–Trinajstić information content (AvgIpc) is 2.39. The van der Waals surface area contributed by atoms with Crippen LogP contribution in [0.15, 0.2) is 0 Å². The van der Waals surface area contributed by atoms with Gasteiger partial charge in [-0.15, -0.1) is 0 Å². The molecule has 0 unspecified atom stereocenters. The number of ether oxygens (including phenoxy) is 2. The minimum atomic E-state index is 0.705. The van der Waals surface area contributed by atoms with Crippen molar-refractivity contribution in [3.05, 3.63) is 0 Å². The van der Waals surface area contributed by atoms with Crippen LogP contribution in [0, 0.1) is 0 Å². The van der Waals surface area contributed by atoms with Gasteiger partial charge in [0.05, 0.1) is 19.8 Å². The van der Waals surface area contributed by atoms with Crippen LogP contribution in [-0.2, 0) is 9.47 Å². The number of unbranched alkanes of at least 4 members (excludes halogenated alkanes) is 2. The zero-order valence-corrected chi connectivity index (χ0v) is 12.8. The summed E-state index contributed by atoms with van der Waals surface area (Å²) in [6, 6.07) is 0. The topological polar surface area (TPSA) is 42.5 Å². The molecule has 110 valence electrons. The van der Waals surface area contributed by atoms with Gasteiger partial charge in [-0.2, -0.15) is 0 Å². The largest absolute Gasteiger partial charge is 0.379 e. The van der Waals surface area contributed by atoms with Crippen molar-refractivity contribution >= 4 is 11.9 Å². The van der Waals surface area contributed by atoms with Crippen LogP contribution < -0.4 is 10.0 Å². The summed E-state index contributed by atoms with van der Waals surface area (Å²) >= 11 is 1.80. The Hall–Kier alpha value is 0.190. The summed E-state index contributed by atoms with van der Waals surface area (Å²) in [5, 5.41) is 3.16. The Morgan fingerprint density at radius 3 is 2.39 bits per heavy atom. The lowest BCUT2D eigenvalue weighted by Gasteiger charge is -2.06. The van der Waals surface area contributed by atoms with E-state index in [0.717, 1.165) is 32.7 Å². The Morgan fingerprint density at radius 1 is 0.889 bits per heavy atom. The first-order valence-corrected chi connectivity index (χ1v) is 8.05. The quantitative estimate of drug-likeness (QED) is 0.354. The predicted molar refractivity (Wildman–Crippen MR) is 80.2 cm³/mol. The van der Waals surface area contributed by atoms with Crippen molar-refractivity contribution in [2.45, 2.75) is 32.6 Å². The fraction of sp³-hybridized carbons (Fsp3) is 1.00. The SMILES string of the molecule is CCCOCCOCCNSCCCCCNC. The van der Waals surface area contributed by atoms with E-state index >= 15 is 0 Å². The van der Waals surface area contributed by atoms with E-state index in [-0.39, 0.29) is 0 Å². The molecule has 0 aliphatic heterocycles. The summed E-state index contributed by atoms with van der Waals surface area (Å²) in [7, 11) is 2.00. The van der Waals surface area contributed by atoms with Gasteiger partial charge in [0.2, 0.25) is 0 Å². The molecule has 18 heavy (non-hydrogen) atoms. The third-order valence-corrected chi connectivity index (χ3v) is 3.25. The highest BCUT2D eigenvalue weighted by Crippen LogP contribution is 2.01. The van der Waals surface area contributed by atoms with Crippen molar-refractivity contribution in [2.24, 2.45) is 0 Å². The minimum absolute atomic E-state index is 0.705. The molecule has 0 spiro atoms. The minimum Gasteiger partial charge on any atom is -0.379 e. The van der Waals surface area contributed by atoms with Gasteiger partial charge in [-0.1, -0.05) is 25.3 Å². The van der Waals surface area contributed by atoms with Crippen LogP contribution in [0.2, 0.25) is 0 Å². The van der Waals surface area contributed by atoms with E-state index in [1.807, 2.05) is 7.05 Å². The van der Waals surface area contributed by atoms with Crippen LogP contribution in [0.3, 0.4) is 0 Å². The van der Waals surface area contributed by atoms with Crippen LogP contribution in [0.1, 0.15) is 32.6 Å². The maximum absolute atomic E-state index is 5.43. The van der Waals surface area contributed by atoms with Crippen molar-refractivity contribution in [1.82, 2.24) is 10.0 Å². The Balaban J connectivity index is 2.86.